The van der Waals surface area contributed by atoms with Crippen molar-refractivity contribution in [2.45, 2.75) is 46.1 Å². The predicted octanol–water partition coefficient (Wildman–Crippen LogP) is 3.24. The highest BCUT2D eigenvalue weighted by molar-refractivity contribution is 5.00. The molecule has 1 heterocycles. The molecule has 0 radical (unpaired) electrons. The highest BCUT2D eigenvalue weighted by atomic mass is 16.3. The second-order valence-electron chi connectivity index (χ2n) is 4.56. The van der Waals surface area contributed by atoms with Gasteiger partial charge in [0.25, 0.3) is 0 Å². The van der Waals surface area contributed by atoms with Crippen molar-refractivity contribution in [2.24, 2.45) is 5.92 Å². The van der Waals surface area contributed by atoms with Gasteiger partial charge in [-0.15, -0.1) is 0 Å². The molecule has 0 saturated carbocycles. The molecule has 0 aliphatic heterocycles. The molecular weight excluding hydrogens is 186 g/mol. The van der Waals surface area contributed by atoms with Crippen molar-refractivity contribution in [2.75, 3.05) is 6.54 Å². The normalized spacial score (nSPS) is 13.3. The molecule has 0 fully saturated rings. The number of nitrogens with one attached hydrogen (secondary N) is 1. The summed E-state index contributed by atoms with van der Waals surface area (Å²) in [6.45, 7) is 7.83. The van der Waals surface area contributed by atoms with E-state index in [4.69, 9.17) is 4.42 Å². The Bertz CT molecular complexity index is 241. The van der Waals surface area contributed by atoms with Crippen LogP contribution in [0.3, 0.4) is 0 Å². The van der Waals surface area contributed by atoms with Crippen LogP contribution >= 0.6 is 0 Å². The van der Waals surface area contributed by atoms with Crippen LogP contribution in [0, 0.1) is 5.92 Å². The first-order chi connectivity index (χ1) is 7.22. The van der Waals surface area contributed by atoms with E-state index in [1.54, 1.807) is 6.26 Å². The third-order valence-corrected chi connectivity index (χ3v) is 2.47. The van der Waals surface area contributed by atoms with Crippen LogP contribution in [0.5, 0.6) is 0 Å². The zero-order chi connectivity index (χ0) is 11.1. The van der Waals surface area contributed by atoms with E-state index in [1.807, 2.05) is 6.07 Å². The van der Waals surface area contributed by atoms with E-state index in [-0.39, 0.29) is 0 Å². The van der Waals surface area contributed by atoms with Gasteiger partial charge in [0.2, 0.25) is 0 Å². The summed E-state index contributed by atoms with van der Waals surface area (Å²) in [5, 5.41) is 3.58. The van der Waals surface area contributed by atoms with Gasteiger partial charge in [-0.1, -0.05) is 20.8 Å². The molecule has 0 aliphatic carbocycles. The van der Waals surface area contributed by atoms with Crippen LogP contribution in [-0.4, -0.2) is 12.6 Å². The van der Waals surface area contributed by atoms with Crippen molar-refractivity contribution in [1.29, 1.82) is 0 Å². The van der Waals surface area contributed by atoms with Crippen molar-refractivity contribution in [3.05, 3.63) is 24.2 Å². The van der Waals surface area contributed by atoms with Gasteiger partial charge in [0.05, 0.1) is 6.26 Å². The molecule has 0 bridgehead atoms. The molecule has 1 N–H and O–H groups in total. The lowest BCUT2D eigenvalue weighted by Crippen LogP contribution is -2.32. The molecule has 1 unspecified atom stereocenters. The smallest absolute Gasteiger partial charge is 0.105 e. The first kappa shape index (κ1) is 12.3. The lowest BCUT2D eigenvalue weighted by Gasteiger charge is -2.19. The molecule has 0 saturated heterocycles. The van der Waals surface area contributed by atoms with E-state index in [2.05, 4.69) is 32.2 Å². The Morgan fingerprint density at radius 2 is 2.20 bits per heavy atom. The molecule has 86 valence electrons. The Balaban J connectivity index is 2.41. The van der Waals surface area contributed by atoms with E-state index >= 15 is 0 Å². The van der Waals surface area contributed by atoms with Crippen LogP contribution in [0.25, 0.3) is 0 Å². The molecule has 0 spiro atoms. The number of hydrogen-bond acceptors (Lipinski definition) is 2. The summed E-state index contributed by atoms with van der Waals surface area (Å²) in [6.07, 6.45) is 5.15. The number of rotatable bonds is 7. The second-order valence-corrected chi connectivity index (χ2v) is 4.56. The summed E-state index contributed by atoms with van der Waals surface area (Å²) in [5.74, 6) is 1.82. The van der Waals surface area contributed by atoms with E-state index in [9.17, 15) is 0 Å². The molecule has 0 aliphatic rings. The minimum atomic E-state index is 0.552. The fraction of sp³-hybridized carbons (Fsp3) is 0.692. The van der Waals surface area contributed by atoms with Crippen molar-refractivity contribution in [1.82, 2.24) is 5.32 Å². The summed E-state index contributed by atoms with van der Waals surface area (Å²) >= 11 is 0. The fourth-order valence-electron chi connectivity index (χ4n) is 1.83. The quantitative estimate of drug-likeness (QED) is 0.745. The van der Waals surface area contributed by atoms with Crippen LogP contribution in [-0.2, 0) is 6.42 Å². The summed E-state index contributed by atoms with van der Waals surface area (Å²) in [4.78, 5) is 0. The Morgan fingerprint density at radius 1 is 1.40 bits per heavy atom. The standard InChI is InChI=1S/C13H23NO/c1-4-7-14-12(9-11(2)3)10-13-6-5-8-15-13/h5-6,8,11-12,14H,4,7,9-10H2,1-3H3. The monoisotopic (exact) mass is 209 g/mol. The van der Waals surface area contributed by atoms with E-state index in [1.165, 1.54) is 12.8 Å². The predicted molar refractivity (Wildman–Crippen MR) is 63.9 cm³/mol. The van der Waals surface area contributed by atoms with Gasteiger partial charge in [-0.25, -0.2) is 0 Å². The Hall–Kier alpha value is -0.760. The highest BCUT2D eigenvalue weighted by Gasteiger charge is 2.11. The van der Waals surface area contributed by atoms with Gasteiger partial charge >= 0.3 is 0 Å². The molecule has 1 rings (SSSR count). The van der Waals surface area contributed by atoms with Crippen molar-refractivity contribution in [3.8, 4) is 0 Å². The average Bonchev–Trinajstić information content (AvgIpc) is 2.66. The maximum absolute atomic E-state index is 5.39. The topological polar surface area (TPSA) is 25.2 Å². The largest absolute Gasteiger partial charge is 0.469 e. The maximum Gasteiger partial charge on any atom is 0.105 e. The van der Waals surface area contributed by atoms with E-state index in [0.29, 0.717) is 6.04 Å². The van der Waals surface area contributed by atoms with Gasteiger partial charge in [-0.2, -0.15) is 0 Å². The van der Waals surface area contributed by atoms with Crippen molar-refractivity contribution >= 4 is 0 Å². The molecule has 0 aromatic carbocycles. The first-order valence-corrected chi connectivity index (χ1v) is 5.98. The molecule has 1 aromatic heterocycles. The molecule has 15 heavy (non-hydrogen) atoms. The average molecular weight is 209 g/mol. The number of furan rings is 1. The van der Waals surface area contributed by atoms with Gasteiger partial charge in [0.15, 0.2) is 0 Å². The Morgan fingerprint density at radius 3 is 2.73 bits per heavy atom. The van der Waals surface area contributed by atoms with Crippen LogP contribution < -0.4 is 5.32 Å². The Labute approximate surface area is 93.1 Å². The van der Waals surface area contributed by atoms with Gasteiger partial charge in [0, 0.05) is 12.5 Å². The molecular formula is C13H23NO. The highest BCUT2D eigenvalue weighted by Crippen LogP contribution is 2.11. The first-order valence-electron chi connectivity index (χ1n) is 5.98. The van der Waals surface area contributed by atoms with Gasteiger partial charge in [-0.3, -0.25) is 0 Å². The summed E-state index contributed by atoms with van der Waals surface area (Å²) in [6, 6.07) is 4.57. The minimum absolute atomic E-state index is 0.552. The van der Waals surface area contributed by atoms with Gasteiger partial charge < -0.3 is 9.73 Å². The summed E-state index contributed by atoms with van der Waals surface area (Å²) < 4.78 is 5.39. The maximum atomic E-state index is 5.39. The van der Waals surface area contributed by atoms with Crippen LogP contribution in [0.15, 0.2) is 22.8 Å². The lowest BCUT2D eigenvalue weighted by atomic mass is 10.00. The number of hydrogen-bond donors (Lipinski definition) is 1. The summed E-state index contributed by atoms with van der Waals surface area (Å²) in [5.41, 5.74) is 0. The zero-order valence-electron chi connectivity index (χ0n) is 10.1. The van der Waals surface area contributed by atoms with E-state index < -0.39 is 0 Å². The van der Waals surface area contributed by atoms with Crippen LogP contribution in [0.2, 0.25) is 0 Å². The summed E-state index contributed by atoms with van der Waals surface area (Å²) in [7, 11) is 0. The zero-order valence-corrected chi connectivity index (χ0v) is 10.1. The third kappa shape index (κ3) is 5.03. The lowest BCUT2D eigenvalue weighted by molar-refractivity contribution is 0.386. The SMILES string of the molecule is CCCNC(Cc1ccco1)CC(C)C. The minimum Gasteiger partial charge on any atom is -0.469 e. The molecule has 1 aromatic rings. The van der Waals surface area contributed by atoms with Gasteiger partial charge in [-0.05, 0) is 37.4 Å². The van der Waals surface area contributed by atoms with Crippen LogP contribution in [0.4, 0.5) is 0 Å². The van der Waals surface area contributed by atoms with Gasteiger partial charge in [0.1, 0.15) is 5.76 Å². The second kappa shape index (κ2) is 6.67. The third-order valence-electron chi connectivity index (χ3n) is 2.47. The molecule has 0 amide bonds. The molecule has 2 heteroatoms. The van der Waals surface area contributed by atoms with Crippen molar-refractivity contribution < 1.29 is 4.42 Å². The van der Waals surface area contributed by atoms with Crippen LogP contribution in [0.1, 0.15) is 39.4 Å². The molecule has 1 atom stereocenters. The fourth-order valence-corrected chi connectivity index (χ4v) is 1.83. The molecule has 2 nitrogen and oxygen atoms in total. The van der Waals surface area contributed by atoms with E-state index in [0.717, 1.165) is 24.6 Å². The Kier molecular flexibility index (Phi) is 5.48. The van der Waals surface area contributed by atoms with Crippen molar-refractivity contribution in [3.63, 3.8) is 0 Å².